The van der Waals surface area contributed by atoms with Crippen molar-refractivity contribution in [2.75, 3.05) is 13.2 Å². The van der Waals surface area contributed by atoms with E-state index < -0.39 is 23.6 Å². The lowest BCUT2D eigenvalue weighted by molar-refractivity contribution is -0.159. The predicted octanol–water partition coefficient (Wildman–Crippen LogP) is 5.96. The summed E-state index contributed by atoms with van der Waals surface area (Å²) in [5.74, 6) is -1.56. The van der Waals surface area contributed by atoms with Crippen molar-refractivity contribution >= 4 is 17.5 Å². The monoisotopic (exact) mass is 412 g/mol. The SMILES string of the molecule is CCCCCCCCCCCCCCOC(CC(=O)C(=O)CC)C(=O)OCCC. The summed E-state index contributed by atoms with van der Waals surface area (Å²) in [5.41, 5.74) is 0. The summed E-state index contributed by atoms with van der Waals surface area (Å²) in [5, 5.41) is 0. The lowest BCUT2D eigenvalue weighted by Gasteiger charge is -2.16. The molecule has 0 aliphatic carbocycles. The van der Waals surface area contributed by atoms with E-state index in [1.54, 1.807) is 6.92 Å². The molecule has 29 heavy (non-hydrogen) atoms. The van der Waals surface area contributed by atoms with E-state index in [0.29, 0.717) is 19.6 Å². The van der Waals surface area contributed by atoms with E-state index in [-0.39, 0.29) is 12.8 Å². The van der Waals surface area contributed by atoms with Gasteiger partial charge < -0.3 is 9.47 Å². The van der Waals surface area contributed by atoms with Crippen LogP contribution >= 0.6 is 0 Å². The molecule has 0 saturated carbocycles. The Morgan fingerprint density at radius 3 is 1.62 bits per heavy atom. The number of esters is 1. The molecular formula is C24H44O5. The van der Waals surface area contributed by atoms with Crippen LogP contribution < -0.4 is 0 Å². The quantitative estimate of drug-likeness (QED) is 0.132. The largest absolute Gasteiger partial charge is 0.464 e. The molecule has 0 rings (SSSR count). The van der Waals surface area contributed by atoms with E-state index in [4.69, 9.17) is 9.47 Å². The Kier molecular flexibility index (Phi) is 19.2. The Labute approximate surface area is 178 Å². The third kappa shape index (κ3) is 16.3. The molecule has 1 unspecified atom stereocenters. The number of unbranched alkanes of at least 4 members (excludes halogenated alkanes) is 11. The van der Waals surface area contributed by atoms with Gasteiger partial charge in [-0.2, -0.15) is 0 Å². The van der Waals surface area contributed by atoms with Gasteiger partial charge in [-0.1, -0.05) is 91.4 Å². The van der Waals surface area contributed by atoms with Gasteiger partial charge in [0.1, 0.15) is 0 Å². The van der Waals surface area contributed by atoms with Gasteiger partial charge >= 0.3 is 5.97 Å². The number of carbonyl (C=O) groups excluding carboxylic acids is 3. The highest BCUT2D eigenvalue weighted by Crippen LogP contribution is 2.12. The Hall–Kier alpha value is -1.23. The topological polar surface area (TPSA) is 69.7 Å². The average molecular weight is 413 g/mol. The van der Waals surface area contributed by atoms with Gasteiger partial charge in [-0.25, -0.2) is 4.79 Å². The lowest BCUT2D eigenvalue weighted by Crippen LogP contribution is -2.32. The second kappa shape index (κ2) is 20.1. The molecule has 5 heteroatoms. The summed E-state index contributed by atoms with van der Waals surface area (Å²) in [6, 6.07) is 0. The number of ketones is 2. The molecule has 0 aromatic rings. The van der Waals surface area contributed by atoms with Crippen molar-refractivity contribution in [2.24, 2.45) is 0 Å². The van der Waals surface area contributed by atoms with Gasteiger partial charge in [-0.15, -0.1) is 0 Å². The highest BCUT2D eigenvalue weighted by Gasteiger charge is 2.26. The fraction of sp³-hybridized carbons (Fsp3) is 0.875. The first-order valence-corrected chi connectivity index (χ1v) is 11.9. The van der Waals surface area contributed by atoms with E-state index in [9.17, 15) is 14.4 Å². The molecule has 170 valence electrons. The van der Waals surface area contributed by atoms with Crippen LogP contribution in [0, 0.1) is 0 Å². The van der Waals surface area contributed by atoms with E-state index in [2.05, 4.69) is 6.92 Å². The fourth-order valence-corrected chi connectivity index (χ4v) is 3.15. The van der Waals surface area contributed by atoms with E-state index >= 15 is 0 Å². The average Bonchev–Trinajstić information content (AvgIpc) is 2.73. The Bertz CT molecular complexity index is 433. The smallest absolute Gasteiger partial charge is 0.335 e. The van der Waals surface area contributed by atoms with Crippen molar-refractivity contribution in [3.8, 4) is 0 Å². The van der Waals surface area contributed by atoms with Crippen molar-refractivity contribution < 1.29 is 23.9 Å². The number of Topliss-reactive ketones (excluding diaryl/α,β-unsaturated/α-hetero) is 2. The van der Waals surface area contributed by atoms with Crippen LogP contribution in [0.5, 0.6) is 0 Å². The molecule has 0 aromatic heterocycles. The van der Waals surface area contributed by atoms with Crippen LogP contribution in [0.4, 0.5) is 0 Å². The van der Waals surface area contributed by atoms with Gasteiger partial charge in [0.15, 0.2) is 11.9 Å². The Morgan fingerprint density at radius 1 is 0.621 bits per heavy atom. The lowest BCUT2D eigenvalue weighted by atomic mass is 10.1. The van der Waals surface area contributed by atoms with Crippen LogP contribution in [0.1, 0.15) is 117 Å². The van der Waals surface area contributed by atoms with Gasteiger partial charge in [0, 0.05) is 13.0 Å². The zero-order valence-corrected chi connectivity index (χ0v) is 19.1. The number of rotatable bonds is 21. The van der Waals surface area contributed by atoms with E-state index in [1.807, 2.05) is 6.92 Å². The molecule has 0 saturated heterocycles. The van der Waals surface area contributed by atoms with Crippen molar-refractivity contribution in [1.29, 1.82) is 0 Å². The second-order valence-corrected chi connectivity index (χ2v) is 7.82. The molecule has 0 aliphatic rings. The highest BCUT2D eigenvalue weighted by atomic mass is 16.6. The molecule has 0 bridgehead atoms. The first kappa shape index (κ1) is 27.8. The van der Waals surface area contributed by atoms with Gasteiger partial charge in [0.05, 0.1) is 13.0 Å². The van der Waals surface area contributed by atoms with E-state index in [1.165, 1.54) is 57.8 Å². The molecule has 0 radical (unpaired) electrons. The van der Waals surface area contributed by atoms with Crippen molar-refractivity contribution in [3.63, 3.8) is 0 Å². The van der Waals surface area contributed by atoms with Crippen LogP contribution in [0.15, 0.2) is 0 Å². The number of hydrogen-bond acceptors (Lipinski definition) is 5. The summed E-state index contributed by atoms with van der Waals surface area (Å²) in [6.07, 6.45) is 14.7. The summed E-state index contributed by atoms with van der Waals surface area (Å²) < 4.78 is 10.7. The number of hydrogen-bond donors (Lipinski definition) is 0. The maximum atomic E-state index is 12.1. The van der Waals surface area contributed by atoms with Crippen LogP contribution in [-0.2, 0) is 23.9 Å². The van der Waals surface area contributed by atoms with Crippen LogP contribution in [0.3, 0.4) is 0 Å². The minimum absolute atomic E-state index is 0.147. The van der Waals surface area contributed by atoms with Gasteiger partial charge in [-0.05, 0) is 12.8 Å². The summed E-state index contributed by atoms with van der Waals surface area (Å²) in [7, 11) is 0. The summed E-state index contributed by atoms with van der Waals surface area (Å²) in [4.78, 5) is 35.5. The second-order valence-electron chi connectivity index (χ2n) is 7.82. The van der Waals surface area contributed by atoms with Crippen LogP contribution in [-0.4, -0.2) is 36.9 Å². The number of ether oxygens (including phenoxy) is 2. The molecule has 5 nitrogen and oxygen atoms in total. The first-order chi connectivity index (χ1) is 14.1. The zero-order chi connectivity index (χ0) is 21.7. The van der Waals surface area contributed by atoms with Gasteiger partial charge in [0.25, 0.3) is 0 Å². The van der Waals surface area contributed by atoms with Crippen molar-refractivity contribution in [1.82, 2.24) is 0 Å². The molecule has 0 aliphatic heterocycles. The zero-order valence-electron chi connectivity index (χ0n) is 19.1. The molecule has 0 spiro atoms. The molecular weight excluding hydrogens is 368 g/mol. The highest BCUT2D eigenvalue weighted by molar-refractivity contribution is 6.37. The third-order valence-electron chi connectivity index (χ3n) is 5.03. The molecule has 0 N–H and O–H groups in total. The predicted molar refractivity (Wildman–Crippen MR) is 117 cm³/mol. The number of carbonyl (C=O) groups is 3. The van der Waals surface area contributed by atoms with Crippen LogP contribution in [0.25, 0.3) is 0 Å². The first-order valence-electron chi connectivity index (χ1n) is 11.9. The van der Waals surface area contributed by atoms with Gasteiger partial charge in [0.2, 0.25) is 5.78 Å². The molecule has 0 aromatic carbocycles. The minimum atomic E-state index is -0.961. The molecule has 0 fully saturated rings. The van der Waals surface area contributed by atoms with Crippen molar-refractivity contribution in [3.05, 3.63) is 0 Å². The standard InChI is InChI=1S/C24H44O5/c1-4-7-8-9-10-11-12-13-14-15-16-17-19-28-23(24(27)29-18-5-2)20-22(26)21(25)6-3/h23H,4-20H2,1-3H3. The van der Waals surface area contributed by atoms with Crippen LogP contribution in [0.2, 0.25) is 0 Å². The molecule has 1 atom stereocenters. The van der Waals surface area contributed by atoms with E-state index in [0.717, 1.165) is 19.3 Å². The maximum Gasteiger partial charge on any atom is 0.335 e. The molecule has 0 amide bonds. The Morgan fingerprint density at radius 2 is 1.14 bits per heavy atom. The minimum Gasteiger partial charge on any atom is -0.464 e. The third-order valence-corrected chi connectivity index (χ3v) is 5.03. The maximum absolute atomic E-state index is 12.1. The van der Waals surface area contributed by atoms with Gasteiger partial charge in [-0.3, -0.25) is 9.59 Å². The molecule has 0 heterocycles. The normalized spacial score (nSPS) is 12.0. The fourth-order valence-electron chi connectivity index (χ4n) is 3.15. The summed E-state index contributed by atoms with van der Waals surface area (Å²) in [6.45, 7) is 6.50. The Balaban J connectivity index is 3.88. The van der Waals surface area contributed by atoms with Crippen molar-refractivity contribution in [2.45, 2.75) is 123 Å². The summed E-state index contributed by atoms with van der Waals surface area (Å²) >= 11 is 0.